The Labute approximate surface area is 127 Å². The van der Waals surface area contributed by atoms with Gasteiger partial charge in [0.05, 0.1) is 4.90 Å². The molecule has 0 bridgehead atoms. The summed E-state index contributed by atoms with van der Waals surface area (Å²) in [5, 5.41) is 9.16. The van der Waals surface area contributed by atoms with E-state index < -0.39 is 10.0 Å². The van der Waals surface area contributed by atoms with Gasteiger partial charge >= 0.3 is 0 Å². The van der Waals surface area contributed by atoms with Gasteiger partial charge in [0.1, 0.15) is 0 Å². The summed E-state index contributed by atoms with van der Waals surface area (Å²) >= 11 is 0. The Morgan fingerprint density at radius 1 is 1.29 bits per heavy atom. The third-order valence-electron chi connectivity index (χ3n) is 4.05. The molecule has 1 aliphatic rings. The maximum Gasteiger partial charge on any atom is 0.242 e. The van der Waals surface area contributed by atoms with E-state index in [0.29, 0.717) is 10.8 Å². The second kappa shape index (κ2) is 6.87. The van der Waals surface area contributed by atoms with E-state index in [2.05, 4.69) is 4.90 Å². The Balaban J connectivity index is 2.06. The zero-order valence-corrected chi connectivity index (χ0v) is 13.5. The summed E-state index contributed by atoms with van der Waals surface area (Å²) in [5.41, 5.74) is 1.01. The van der Waals surface area contributed by atoms with Crippen molar-refractivity contribution in [2.75, 3.05) is 33.8 Å². The molecular weight excluding hydrogens is 288 g/mol. The molecular formula is C15H24N2O3S. The van der Waals surface area contributed by atoms with Crippen molar-refractivity contribution in [2.45, 2.75) is 24.3 Å². The molecule has 1 heterocycles. The number of hydrogen-bond donors (Lipinski definition) is 1. The number of likely N-dealkylation sites (tertiary alicyclic amines) is 1. The number of piperidine rings is 1. The van der Waals surface area contributed by atoms with Crippen molar-refractivity contribution < 1.29 is 13.5 Å². The number of sulfonamides is 1. The molecule has 0 aliphatic carbocycles. The Morgan fingerprint density at radius 3 is 2.52 bits per heavy atom. The van der Waals surface area contributed by atoms with Crippen LogP contribution in [0.2, 0.25) is 0 Å². The Bertz CT molecular complexity index is 564. The monoisotopic (exact) mass is 312 g/mol. The summed E-state index contributed by atoms with van der Waals surface area (Å²) in [6.07, 6.45) is 2.01. The average Bonchev–Trinajstić information content (AvgIpc) is 2.48. The predicted molar refractivity (Wildman–Crippen MR) is 82.4 cm³/mol. The maximum absolute atomic E-state index is 12.1. The van der Waals surface area contributed by atoms with Crippen LogP contribution < -0.4 is 0 Å². The second-order valence-electron chi connectivity index (χ2n) is 5.84. The highest BCUT2D eigenvalue weighted by Gasteiger charge is 2.20. The molecule has 0 spiro atoms. The zero-order valence-electron chi connectivity index (χ0n) is 12.7. The van der Waals surface area contributed by atoms with Gasteiger partial charge in [-0.3, -0.25) is 4.90 Å². The highest BCUT2D eigenvalue weighted by atomic mass is 32.2. The van der Waals surface area contributed by atoms with Crippen LogP contribution in [0.15, 0.2) is 29.2 Å². The Kier molecular flexibility index (Phi) is 5.37. The maximum atomic E-state index is 12.1. The lowest BCUT2D eigenvalue weighted by atomic mass is 9.97. The van der Waals surface area contributed by atoms with E-state index in [0.717, 1.165) is 38.0 Å². The fourth-order valence-electron chi connectivity index (χ4n) is 2.60. The topological polar surface area (TPSA) is 60.9 Å². The van der Waals surface area contributed by atoms with Gasteiger partial charge in [-0.15, -0.1) is 0 Å². The molecule has 0 aromatic heterocycles. The first-order valence-electron chi connectivity index (χ1n) is 7.28. The van der Waals surface area contributed by atoms with Gasteiger partial charge in [0.25, 0.3) is 0 Å². The number of nitrogens with zero attached hydrogens (tertiary/aromatic N) is 2. The SMILES string of the molecule is CN(C)S(=O)(=O)c1cccc(CN2CCC(CO)CC2)c1. The molecule has 0 unspecified atom stereocenters. The standard InChI is InChI=1S/C15H24N2O3S/c1-16(2)21(19,20)15-5-3-4-14(10-15)11-17-8-6-13(12-18)7-9-17/h3-5,10,13,18H,6-9,11-12H2,1-2H3. The van der Waals surface area contributed by atoms with Gasteiger partial charge in [-0.2, -0.15) is 0 Å². The van der Waals surface area contributed by atoms with Crippen LogP contribution in [-0.4, -0.2) is 56.5 Å². The van der Waals surface area contributed by atoms with Crippen molar-refractivity contribution in [3.8, 4) is 0 Å². The summed E-state index contributed by atoms with van der Waals surface area (Å²) in [5.74, 6) is 0.418. The third kappa shape index (κ3) is 4.03. The zero-order chi connectivity index (χ0) is 15.5. The summed E-state index contributed by atoms with van der Waals surface area (Å²) in [4.78, 5) is 2.66. The van der Waals surface area contributed by atoms with E-state index >= 15 is 0 Å². The lowest BCUT2D eigenvalue weighted by Gasteiger charge is -2.31. The van der Waals surface area contributed by atoms with Crippen molar-refractivity contribution in [2.24, 2.45) is 5.92 Å². The van der Waals surface area contributed by atoms with Crippen LogP contribution in [0.4, 0.5) is 0 Å². The Hall–Kier alpha value is -0.950. The molecule has 6 heteroatoms. The van der Waals surface area contributed by atoms with Crippen molar-refractivity contribution in [1.29, 1.82) is 0 Å². The van der Waals surface area contributed by atoms with Gasteiger partial charge < -0.3 is 5.11 Å². The van der Waals surface area contributed by atoms with Gasteiger partial charge in [-0.1, -0.05) is 12.1 Å². The van der Waals surface area contributed by atoms with Crippen LogP contribution in [0.3, 0.4) is 0 Å². The first-order valence-corrected chi connectivity index (χ1v) is 8.72. The smallest absolute Gasteiger partial charge is 0.242 e. The lowest BCUT2D eigenvalue weighted by Crippen LogP contribution is -2.34. The van der Waals surface area contributed by atoms with E-state index in [9.17, 15) is 8.42 Å². The molecule has 0 atom stereocenters. The molecule has 1 N–H and O–H groups in total. The highest BCUT2D eigenvalue weighted by molar-refractivity contribution is 7.89. The van der Waals surface area contributed by atoms with Crippen molar-refractivity contribution in [3.05, 3.63) is 29.8 Å². The minimum atomic E-state index is -3.37. The molecule has 1 saturated heterocycles. The fourth-order valence-corrected chi connectivity index (χ4v) is 3.57. The molecule has 0 amide bonds. The summed E-state index contributed by atoms with van der Waals surface area (Å²) in [6, 6.07) is 7.16. The number of aliphatic hydroxyl groups is 1. The highest BCUT2D eigenvalue weighted by Crippen LogP contribution is 2.20. The predicted octanol–water partition coefficient (Wildman–Crippen LogP) is 1.14. The van der Waals surface area contributed by atoms with Crippen LogP contribution in [0.25, 0.3) is 0 Å². The van der Waals surface area contributed by atoms with Gasteiger partial charge in [0, 0.05) is 27.2 Å². The van der Waals surface area contributed by atoms with Gasteiger partial charge in [-0.25, -0.2) is 12.7 Å². The number of hydrogen-bond acceptors (Lipinski definition) is 4. The molecule has 0 saturated carbocycles. The molecule has 1 aromatic rings. The van der Waals surface area contributed by atoms with Gasteiger partial charge in [0.15, 0.2) is 0 Å². The molecule has 118 valence electrons. The van der Waals surface area contributed by atoms with E-state index in [1.807, 2.05) is 6.07 Å². The van der Waals surface area contributed by atoms with Crippen LogP contribution in [-0.2, 0) is 16.6 Å². The molecule has 2 rings (SSSR count). The first-order chi connectivity index (χ1) is 9.93. The minimum Gasteiger partial charge on any atom is -0.396 e. The molecule has 1 aliphatic heterocycles. The van der Waals surface area contributed by atoms with Crippen molar-refractivity contribution in [1.82, 2.24) is 9.21 Å². The number of rotatable bonds is 5. The lowest BCUT2D eigenvalue weighted by molar-refractivity contribution is 0.127. The molecule has 1 fully saturated rings. The average molecular weight is 312 g/mol. The summed E-state index contributed by atoms with van der Waals surface area (Å²) in [6.45, 7) is 2.94. The molecule has 1 aromatic carbocycles. The van der Waals surface area contributed by atoms with Crippen LogP contribution in [0, 0.1) is 5.92 Å². The van der Waals surface area contributed by atoms with Gasteiger partial charge in [-0.05, 0) is 49.5 Å². The van der Waals surface area contributed by atoms with Crippen LogP contribution in [0.1, 0.15) is 18.4 Å². The van der Waals surface area contributed by atoms with Gasteiger partial charge in [0.2, 0.25) is 10.0 Å². The number of aliphatic hydroxyl groups excluding tert-OH is 1. The largest absolute Gasteiger partial charge is 0.396 e. The third-order valence-corrected chi connectivity index (χ3v) is 5.86. The quantitative estimate of drug-likeness (QED) is 0.886. The Morgan fingerprint density at radius 2 is 1.95 bits per heavy atom. The van der Waals surface area contributed by atoms with E-state index in [1.54, 1.807) is 32.3 Å². The summed E-state index contributed by atoms with van der Waals surface area (Å²) < 4.78 is 25.5. The molecule has 21 heavy (non-hydrogen) atoms. The van der Waals surface area contributed by atoms with Crippen molar-refractivity contribution >= 4 is 10.0 Å². The normalized spacial score (nSPS) is 18.3. The molecule has 0 radical (unpaired) electrons. The van der Waals surface area contributed by atoms with E-state index in [1.165, 1.54) is 4.31 Å². The van der Waals surface area contributed by atoms with E-state index in [4.69, 9.17) is 5.11 Å². The van der Waals surface area contributed by atoms with Crippen molar-refractivity contribution in [3.63, 3.8) is 0 Å². The fraction of sp³-hybridized carbons (Fsp3) is 0.600. The number of benzene rings is 1. The van der Waals surface area contributed by atoms with Crippen LogP contribution in [0.5, 0.6) is 0 Å². The molecule has 5 nitrogen and oxygen atoms in total. The van der Waals surface area contributed by atoms with Crippen LogP contribution >= 0.6 is 0 Å². The summed E-state index contributed by atoms with van der Waals surface area (Å²) in [7, 11) is -0.285. The first kappa shape index (κ1) is 16.4. The second-order valence-corrected chi connectivity index (χ2v) is 7.99. The van der Waals surface area contributed by atoms with E-state index in [-0.39, 0.29) is 6.61 Å². The minimum absolute atomic E-state index is 0.268.